The highest BCUT2D eigenvalue weighted by molar-refractivity contribution is 6.20. The average molecular weight is 366 g/mol. The minimum atomic E-state index is -0.627. The van der Waals surface area contributed by atoms with E-state index in [0.717, 1.165) is 4.90 Å². The normalized spacial score (nSPS) is 13.3. The summed E-state index contributed by atoms with van der Waals surface area (Å²) in [5.41, 5.74) is 1.29. The quantitative estimate of drug-likeness (QED) is 0.654. The topological polar surface area (TPSA) is 115 Å². The van der Waals surface area contributed by atoms with Gasteiger partial charge in [-0.05, 0) is 24.3 Å². The Bertz CT molecular complexity index is 1090. The summed E-state index contributed by atoms with van der Waals surface area (Å²) in [6.45, 7) is -0.144. The second kappa shape index (κ2) is 6.52. The van der Waals surface area contributed by atoms with Crippen LogP contribution in [0.4, 0.5) is 0 Å². The van der Waals surface area contributed by atoms with Crippen LogP contribution >= 0.6 is 0 Å². The van der Waals surface area contributed by atoms with E-state index in [1.54, 1.807) is 30.3 Å². The monoisotopic (exact) mass is 366 g/mol. The summed E-state index contributed by atoms with van der Waals surface area (Å²) in [4.78, 5) is 53.4. The standard InChI is InChI=1S/C18H14N4O5/c23-14(10-22-12-5-1-2-6-13(12)27-18(22)26)19-8-9-21-16(24)11-4-3-7-20-15(11)17(21)25/h1-7H,8-10H2,(H,19,23). The van der Waals surface area contributed by atoms with Gasteiger partial charge in [0.1, 0.15) is 12.2 Å². The number of oxazole rings is 1. The molecule has 0 spiro atoms. The van der Waals surface area contributed by atoms with Gasteiger partial charge in [-0.1, -0.05) is 12.1 Å². The Morgan fingerprint density at radius 2 is 1.89 bits per heavy atom. The number of pyridine rings is 1. The van der Waals surface area contributed by atoms with Crippen LogP contribution in [0.5, 0.6) is 0 Å². The fourth-order valence-corrected chi connectivity index (χ4v) is 2.99. The van der Waals surface area contributed by atoms with Gasteiger partial charge in [0.2, 0.25) is 5.91 Å². The van der Waals surface area contributed by atoms with Gasteiger partial charge in [-0.3, -0.25) is 28.8 Å². The van der Waals surface area contributed by atoms with Crippen molar-refractivity contribution in [2.75, 3.05) is 13.1 Å². The van der Waals surface area contributed by atoms with E-state index in [0.29, 0.717) is 11.1 Å². The Labute approximate surface area is 152 Å². The maximum Gasteiger partial charge on any atom is 0.420 e. The molecule has 0 radical (unpaired) electrons. The first-order valence-electron chi connectivity index (χ1n) is 8.22. The summed E-state index contributed by atoms with van der Waals surface area (Å²) < 4.78 is 6.29. The molecule has 0 saturated carbocycles. The molecular weight excluding hydrogens is 352 g/mol. The van der Waals surface area contributed by atoms with Crippen molar-refractivity contribution in [3.05, 3.63) is 64.4 Å². The third kappa shape index (κ3) is 2.88. The number of para-hydroxylation sites is 2. The number of carbonyl (C=O) groups excluding carboxylic acids is 3. The van der Waals surface area contributed by atoms with E-state index in [2.05, 4.69) is 10.3 Å². The average Bonchev–Trinajstić information content (AvgIpc) is 3.11. The highest BCUT2D eigenvalue weighted by Gasteiger charge is 2.36. The van der Waals surface area contributed by atoms with Gasteiger partial charge in [-0.2, -0.15) is 0 Å². The number of nitrogens with zero attached hydrogens (tertiary/aromatic N) is 3. The second-order valence-corrected chi connectivity index (χ2v) is 5.93. The van der Waals surface area contributed by atoms with Gasteiger partial charge in [-0.25, -0.2) is 4.79 Å². The van der Waals surface area contributed by atoms with Crippen LogP contribution in [0.15, 0.2) is 51.8 Å². The van der Waals surface area contributed by atoms with Crippen molar-refractivity contribution in [1.82, 2.24) is 19.8 Å². The van der Waals surface area contributed by atoms with Gasteiger partial charge < -0.3 is 9.73 Å². The third-order valence-electron chi connectivity index (χ3n) is 4.26. The van der Waals surface area contributed by atoms with Crippen molar-refractivity contribution in [3.8, 4) is 0 Å². The Hall–Kier alpha value is -3.75. The molecule has 9 nitrogen and oxygen atoms in total. The van der Waals surface area contributed by atoms with E-state index in [-0.39, 0.29) is 30.9 Å². The Morgan fingerprint density at radius 1 is 1.07 bits per heavy atom. The van der Waals surface area contributed by atoms with Crippen LogP contribution in [0.1, 0.15) is 20.8 Å². The zero-order valence-corrected chi connectivity index (χ0v) is 14.0. The number of amides is 3. The predicted octanol–water partition coefficient (Wildman–Crippen LogP) is 0.402. The lowest BCUT2D eigenvalue weighted by molar-refractivity contribution is -0.121. The minimum Gasteiger partial charge on any atom is -0.408 e. The fraction of sp³-hybridized carbons (Fsp3) is 0.167. The van der Waals surface area contributed by atoms with E-state index >= 15 is 0 Å². The molecule has 1 aliphatic rings. The highest BCUT2D eigenvalue weighted by Crippen LogP contribution is 2.19. The van der Waals surface area contributed by atoms with Gasteiger partial charge in [-0.15, -0.1) is 0 Å². The molecule has 136 valence electrons. The summed E-state index contributed by atoms with van der Waals surface area (Å²) in [5.74, 6) is -1.98. The van der Waals surface area contributed by atoms with E-state index in [1.165, 1.54) is 16.8 Å². The molecule has 3 aromatic rings. The Kier molecular flexibility index (Phi) is 4.03. The maximum atomic E-state index is 12.2. The van der Waals surface area contributed by atoms with Gasteiger partial charge in [0.05, 0.1) is 11.1 Å². The zero-order chi connectivity index (χ0) is 19.0. The van der Waals surface area contributed by atoms with Crippen LogP contribution < -0.4 is 11.1 Å². The number of fused-ring (bicyclic) bond motifs is 2. The minimum absolute atomic E-state index is 0.0147. The molecule has 1 aliphatic heterocycles. The molecule has 3 heterocycles. The number of rotatable bonds is 5. The van der Waals surface area contributed by atoms with Gasteiger partial charge >= 0.3 is 5.76 Å². The SMILES string of the molecule is O=C(Cn1c(=O)oc2ccccc21)NCCN1C(=O)c2cccnc2C1=O. The lowest BCUT2D eigenvalue weighted by Crippen LogP contribution is -2.39. The van der Waals surface area contributed by atoms with Crippen molar-refractivity contribution in [1.29, 1.82) is 0 Å². The summed E-state index contributed by atoms with van der Waals surface area (Å²) in [5, 5.41) is 2.60. The fourth-order valence-electron chi connectivity index (χ4n) is 2.99. The molecule has 1 N–H and O–H groups in total. The molecule has 0 fully saturated rings. The maximum absolute atomic E-state index is 12.2. The number of imide groups is 1. The zero-order valence-electron chi connectivity index (χ0n) is 14.0. The summed E-state index contributed by atoms with van der Waals surface area (Å²) in [6.07, 6.45) is 1.45. The van der Waals surface area contributed by atoms with Crippen molar-refractivity contribution in [3.63, 3.8) is 0 Å². The van der Waals surface area contributed by atoms with Crippen LogP contribution in [-0.4, -0.2) is 45.3 Å². The van der Waals surface area contributed by atoms with E-state index < -0.39 is 23.5 Å². The van der Waals surface area contributed by atoms with Crippen molar-refractivity contribution in [2.24, 2.45) is 0 Å². The third-order valence-corrected chi connectivity index (χ3v) is 4.26. The van der Waals surface area contributed by atoms with Crippen LogP contribution in [0.25, 0.3) is 11.1 Å². The molecular formula is C18H14N4O5. The van der Waals surface area contributed by atoms with Crippen LogP contribution in [0, 0.1) is 0 Å². The molecule has 0 aliphatic carbocycles. The largest absolute Gasteiger partial charge is 0.420 e. The Morgan fingerprint density at radius 3 is 2.70 bits per heavy atom. The first kappa shape index (κ1) is 16.7. The predicted molar refractivity (Wildman–Crippen MR) is 93.1 cm³/mol. The Balaban J connectivity index is 1.38. The molecule has 2 aromatic heterocycles. The molecule has 0 atom stereocenters. The molecule has 3 amide bonds. The summed E-state index contributed by atoms with van der Waals surface area (Å²) >= 11 is 0. The number of nitrogens with one attached hydrogen (secondary N) is 1. The number of carbonyl (C=O) groups is 3. The van der Waals surface area contributed by atoms with Crippen molar-refractivity contribution < 1.29 is 18.8 Å². The second-order valence-electron chi connectivity index (χ2n) is 5.93. The van der Waals surface area contributed by atoms with Crippen LogP contribution in [0.2, 0.25) is 0 Å². The number of benzene rings is 1. The molecule has 0 saturated heterocycles. The first-order valence-corrected chi connectivity index (χ1v) is 8.22. The first-order chi connectivity index (χ1) is 13.1. The molecule has 9 heteroatoms. The lowest BCUT2D eigenvalue weighted by atomic mass is 10.2. The smallest absolute Gasteiger partial charge is 0.408 e. The van der Waals surface area contributed by atoms with E-state index in [1.807, 2.05) is 0 Å². The van der Waals surface area contributed by atoms with Crippen LogP contribution in [0.3, 0.4) is 0 Å². The van der Waals surface area contributed by atoms with Gasteiger partial charge in [0.15, 0.2) is 5.58 Å². The number of hydrogen-bond acceptors (Lipinski definition) is 6. The lowest BCUT2D eigenvalue weighted by Gasteiger charge is -2.14. The summed E-state index contributed by atoms with van der Waals surface area (Å²) in [6, 6.07) is 9.91. The summed E-state index contributed by atoms with van der Waals surface area (Å²) in [7, 11) is 0. The highest BCUT2D eigenvalue weighted by atomic mass is 16.4. The van der Waals surface area contributed by atoms with Gasteiger partial charge in [0, 0.05) is 19.3 Å². The van der Waals surface area contributed by atoms with E-state index in [9.17, 15) is 19.2 Å². The molecule has 0 unspecified atom stereocenters. The van der Waals surface area contributed by atoms with Crippen LogP contribution in [-0.2, 0) is 11.3 Å². The molecule has 4 rings (SSSR count). The van der Waals surface area contributed by atoms with Crippen molar-refractivity contribution >= 4 is 28.8 Å². The number of hydrogen-bond donors (Lipinski definition) is 1. The molecule has 0 bridgehead atoms. The van der Waals surface area contributed by atoms with Gasteiger partial charge in [0.25, 0.3) is 11.8 Å². The van der Waals surface area contributed by atoms with E-state index in [4.69, 9.17) is 4.42 Å². The van der Waals surface area contributed by atoms with Crippen molar-refractivity contribution in [2.45, 2.75) is 6.54 Å². The molecule has 27 heavy (non-hydrogen) atoms. The molecule has 1 aromatic carbocycles. The number of aromatic nitrogens is 2.